The van der Waals surface area contributed by atoms with Crippen LogP contribution in [-0.4, -0.2) is 11.1 Å². The molecule has 19 heavy (non-hydrogen) atoms. The summed E-state index contributed by atoms with van der Waals surface area (Å²) in [6.07, 6.45) is 0. The summed E-state index contributed by atoms with van der Waals surface area (Å²) in [5.41, 5.74) is 0.218. The predicted molar refractivity (Wildman–Crippen MR) is 72.7 cm³/mol. The van der Waals surface area contributed by atoms with Gasteiger partial charge in [0.05, 0.1) is 15.7 Å². The summed E-state index contributed by atoms with van der Waals surface area (Å²) in [4.78, 5) is 11.4. The quantitative estimate of drug-likeness (QED) is 0.818. The van der Waals surface area contributed by atoms with Crippen molar-refractivity contribution in [2.24, 2.45) is 0 Å². The van der Waals surface area contributed by atoms with E-state index in [0.717, 1.165) is 17.0 Å². The number of nitrogens with one attached hydrogen (secondary N) is 1. The van der Waals surface area contributed by atoms with Crippen LogP contribution in [0.25, 0.3) is 0 Å². The Morgan fingerprint density at radius 1 is 1.32 bits per heavy atom. The maximum absolute atomic E-state index is 13.5. The number of carbonyl (C=O) groups is 1. The molecule has 3 nitrogen and oxygen atoms in total. The van der Waals surface area contributed by atoms with Crippen LogP contribution in [0.3, 0.4) is 0 Å². The lowest BCUT2D eigenvalue weighted by atomic mass is 10.2. The highest BCUT2D eigenvalue weighted by Gasteiger charge is 2.10. The molecule has 1 heterocycles. The van der Waals surface area contributed by atoms with Gasteiger partial charge in [-0.05, 0) is 28.1 Å². The molecule has 0 saturated heterocycles. The molecule has 2 N–H and O–H groups in total. The molecule has 7 heteroatoms. The summed E-state index contributed by atoms with van der Waals surface area (Å²) in [6.45, 7) is 0.232. The SMILES string of the molecule is O=C(O)c1csc(CNc2cc(F)c(Br)cc2F)c1. The Labute approximate surface area is 120 Å². The number of hydrogen-bond acceptors (Lipinski definition) is 3. The van der Waals surface area contributed by atoms with Gasteiger partial charge in [-0.1, -0.05) is 0 Å². The van der Waals surface area contributed by atoms with Gasteiger partial charge >= 0.3 is 5.97 Å². The van der Waals surface area contributed by atoms with E-state index in [9.17, 15) is 13.6 Å². The van der Waals surface area contributed by atoms with Gasteiger partial charge < -0.3 is 10.4 Å². The van der Waals surface area contributed by atoms with Crippen molar-refractivity contribution in [3.63, 3.8) is 0 Å². The number of thiophene rings is 1. The van der Waals surface area contributed by atoms with Crippen LogP contribution in [-0.2, 0) is 6.54 Å². The average Bonchev–Trinajstić information content (AvgIpc) is 2.81. The van der Waals surface area contributed by atoms with Gasteiger partial charge in [-0.2, -0.15) is 0 Å². The summed E-state index contributed by atoms with van der Waals surface area (Å²) >= 11 is 4.13. The minimum atomic E-state index is -1.01. The first-order chi connectivity index (χ1) is 8.97. The van der Waals surface area contributed by atoms with Crippen LogP contribution in [0.4, 0.5) is 14.5 Å². The van der Waals surface area contributed by atoms with Crippen LogP contribution in [0.5, 0.6) is 0 Å². The van der Waals surface area contributed by atoms with E-state index in [1.54, 1.807) is 0 Å². The molecule has 0 radical (unpaired) electrons. The molecule has 0 aliphatic rings. The van der Waals surface area contributed by atoms with Crippen molar-refractivity contribution in [1.82, 2.24) is 0 Å². The molecule has 0 aliphatic carbocycles. The third-order valence-corrected chi connectivity index (χ3v) is 3.91. The molecule has 0 unspecified atom stereocenters. The van der Waals surface area contributed by atoms with Gasteiger partial charge in [-0.15, -0.1) is 11.3 Å². The van der Waals surface area contributed by atoms with Gasteiger partial charge in [-0.25, -0.2) is 13.6 Å². The fourth-order valence-electron chi connectivity index (χ4n) is 1.43. The van der Waals surface area contributed by atoms with E-state index < -0.39 is 17.6 Å². The number of carboxylic acid groups (broad SMARTS) is 1. The highest BCUT2D eigenvalue weighted by Crippen LogP contribution is 2.24. The zero-order chi connectivity index (χ0) is 14.0. The van der Waals surface area contributed by atoms with Gasteiger partial charge in [-0.3, -0.25) is 0 Å². The zero-order valence-corrected chi connectivity index (χ0v) is 11.8. The summed E-state index contributed by atoms with van der Waals surface area (Å²) in [5, 5.41) is 13.0. The van der Waals surface area contributed by atoms with Crippen LogP contribution >= 0.6 is 27.3 Å². The van der Waals surface area contributed by atoms with Gasteiger partial charge in [0.15, 0.2) is 0 Å². The summed E-state index contributed by atoms with van der Waals surface area (Å²) in [5.74, 6) is -2.16. The number of halogens is 3. The fraction of sp³-hybridized carbons (Fsp3) is 0.0833. The van der Waals surface area contributed by atoms with Gasteiger partial charge in [0.2, 0.25) is 0 Å². The molecule has 2 aromatic rings. The monoisotopic (exact) mass is 347 g/mol. The second-order valence-corrected chi connectivity index (χ2v) is 5.56. The normalized spacial score (nSPS) is 10.5. The maximum Gasteiger partial charge on any atom is 0.336 e. The molecule has 0 amide bonds. The van der Waals surface area contributed by atoms with Crippen molar-refractivity contribution in [1.29, 1.82) is 0 Å². The summed E-state index contributed by atoms with van der Waals surface area (Å²) in [6, 6.07) is 3.58. The third-order valence-electron chi connectivity index (χ3n) is 2.36. The van der Waals surface area contributed by atoms with E-state index in [1.165, 1.54) is 22.8 Å². The van der Waals surface area contributed by atoms with Gasteiger partial charge in [0.1, 0.15) is 11.6 Å². The first-order valence-electron chi connectivity index (χ1n) is 5.16. The highest BCUT2D eigenvalue weighted by atomic mass is 79.9. The number of benzene rings is 1. The molecular weight excluding hydrogens is 340 g/mol. The van der Waals surface area contributed by atoms with E-state index in [0.29, 0.717) is 0 Å². The predicted octanol–water partition coefficient (Wildman–Crippen LogP) is 4.10. The number of rotatable bonds is 4. The third kappa shape index (κ3) is 3.30. The lowest BCUT2D eigenvalue weighted by Gasteiger charge is -2.07. The highest BCUT2D eigenvalue weighted by molar-refractivity contribution is 9.10. The van der Waals surface area contributed by atoms with Crippen molar-refractivity contribution in [3.05, 3.63) is 50.1 Å². The average molecular weight is 348 g/mol. The summed E-state index contributed by atoms with van der Waals surface area (Å²) < 4.78 is 26.8. The minimum absolute atomic E-state index is 0.0333. The van der Waals surface area contributed by atoms with Crippen LogP contribution in [0.1, 0.15) is 15.2 Å². The maximum atomic E-state index is 13.5. The van der Waals surface area contributed by atoms with E-state index in [1.807, 2.05) is 0 Å². The molecule has 0 fully saturated rings. The summed E-state index contributed by atoms with van der Waals surface area (Å²) in [7, 11) is 0. The van der Waals surface area contributed by atoms with Gasteiger partial charge in [0.25, 0.3) is 0 Å². The lowest BCUT2D eigenvalue weighted by molar-refractivity contribution is 0.0697. The lowest BCUT2D eigenvalue weighted by Crippen LogP contribution is -2.01. The van der Waals surface area contributed by atoms with E-state index >= 15 is 0 Å². The van der Waals surface area contributed by atoms with Crippen molar-refractivity contribution in [2.45, 2.75) is 6.54 Å². The van der Waals surface area contributed by atoms with Crippen molar-refractivity contribution < 1.29 is 18.7 Å². The second-order valence-electron chi connectivity index (χ2n) is 3.71. The molecule has 0 saturated carbocycles. The van der Waals surface area contributed by atoms with Crippen molar-refractivity contribution in [3.8, 4) is 0 Å². The van der Waals surface area contributed by atoms with Crippen LogP contribution < -0.4 is 5.32 Å². The second kappa shape index (κ2) is 5.66. The van der Waals surface area contributed by atoms with Crippen LogP contribution in [0.15, 0.2) is 28.1 Å². The molecule has 0 spiro atoms. The van der Waals surface area contributed by atoms with E-state index in [2.05, 4.69) is 21.2 Å². The standard InChI is InChI=1S/C12H8BrF2NO2S/c13-8-2-10(15)11(3-9(8)14)16-4-7-1-6(5-19-7)12(17)18/h1-3,5,16H,4H2,(H,17,18). The molecule has 100 valence electrons. The largest absolute Gasteiger partial charge is 0.478 e. The Hall–Kier alpha value is -1.47. The number of anilines is 1. The number of hydrogen-bond donors (Lipinski definition) is 2. The van der Waals surface area contributed by atoms with E-state index in [4.69, 9.17) is 5.11 Å². The number of aromatic carboxylic acids is 1. The molecular formula is C12H8BrF2NO2S. The Morgan fingerprint density at radius 2 is 2.05 bits per heavy atom. The van der Waals surface area contributed by atoms with Gasteiger partial charge in [0, 0.05) is 22.9 Å². The Morgan fingerprint density at radius 3 is 2.68 bits per heavy atom. The zero-order valence-electron chi connectivity index (χ0n) is 9.41. The van der Waals surface area contributed by atoms with Crippen molar-refractivity contribution >= 4 is 38.9 Å². The minimum Gasteiger partial charge on any atom is -0.478 e. The smallest absolute Gasteiger partial charge is 0.336 e. The van der Waals surface area contributed by atoms with Crippen molar-refractivity contribution in [2.75, 3.05) is 5.32 Å². The molecule has 0 atom stereocenters. The molecule has 1 aromatic heterocycles. The van der Waals surface area contributed by atoms with Crippen LogP contribution in [0.2, 0.25) is 0 Å². The molecule has 0 bridgehead atoms. The Bertz CT molecular complexity index is 630. The molecule has 2 rings (SSSR count). The topological polar surface area (TPSA) is 49.3 Å². The molecule has 1 aromatic carbocycles. The number of carboxylic acids is 1. The van der Waals surface area contributed by atoms with Crippen LogP contribution in [0, 0.1) is 11.6 Å². The first-order valence-corrected chi connectivity index (χ1v) is 6.83. The fourth-order valence-corrected chi connectivity index (χ4v) is 2.54. The Kier molecular flexibility index (Phi) is 4.16. The first kappa shape index (κ1) is 14.0. The van der Waals surface area contributed by atoms with E-state index in [-0.39, 0.29) is 22.3 Å². The molecule has 0 aliphatic heterocycles. The Balaban J connectivity index is 2.09.